The lowest BCUT2D eigenvalue weighted by Gasteiger charge is -2.07. The molecular formula is C14H12N2O6S. The molecule has 9 heteroatoms. The van der Waals surface area contributed by atoms with Crippen LogP contribution < -0.4 is 4.89 Å². The molecule has 2 rings (SSSR count). The molecule has 0 bridgehead atoms. The quantitative estimate of drug-likeness (QED) is 0.659. The van der Waals surface area contributed by atoms with Crippen molar-refractivity contribution in [1.29, 1.82) is 0 Å². The molecule has 120 valence electrons. The smallest absolute Gasteiger partial charge is 0.351 e. The second-order valence-electron chi connectivity index (χ2n) is 4.59. The zero-order valence-electron chi connectivity index (χ0n) is 11.9. The fourth-order valence-corrected chi connectivity index (χ4v) is 2.41. The predicted molar refractivity (Wildman–Crippen MR) is 80.0 cm³/mol. The van der Waals surface area contributed by atoms with E-state index in [1.54, 1.807) is 17.0 Å². The number of hydrogen-bond acceptors (Lipinski definition) is 6. The monoisotopic (exact) mass is 336 g/mol. The summed E-state index contributed by atoms with van der Waals surface area (Å²) in [7, 11) is -4.13. The lowest BCUT2D eigenvalue weighted by molar-refractivity contribution is -0.384. The average Bonchev–Trinajstić information content (AvgIpc) is 2.53. The van der Waals surface area contributed by atoms with Gasteiger partial charge in [-0.1, -0.05) is 17.7 Å². The van der Waals surface area contributed by atoms with Crippen LogP contribution in [0.1, 0.15) is 15.9 Å². The summed E-state index contributed by atoms with van der Waals surface area (Å²) in [6, 6.07) is 10.5. The molecule has 0 aliphatic rings. The molecular weight excluding hydrogens is 324 g/mol. The Bertz CT molecular complexity index is 829. The van der Waals surface area contributed by atoms with Crippen molar-refractivity contribution in [3.8, 4) is 0 Å². The number of carbonyl (C=O) groups is 1. The number of carbonyl (C=O) groups excluding carboxylic acids is 1. The number of aryl methyl sites for hydroxylation is 1. The Morgan fingerprint density at radius 1 is 1.09 bits per heavy atom. The molecule has 0 fully saturated rings. The molecule has 0 atom stereocenters. The highest BCUT2D eigenvalue weighted by Gasteiger charge is 2.18. The molecule has 8 nitrogen and oxygen atoms in total. The Labute approximate surface area is 131 Å². The van der Waals surface area contributed by atoms with Crippen LogP contribution in [-0.2, 0) is 14.9 Å². The number of non-ortho nitro benzene ring substituents is 1. The van der Waals surface area contributed by atoms with E-state index in [-0.39, 0.29) is 16.1 Å². The Kier molecular flexibility index (Phi) is 4.72. The fourth-order valence-electron chi connectivity index (χ4n) is 1.64. The first kappa shape index (κ1) is 16.6. The first-order valence-electron chi connectivity index (χ1n) is 6.34. The van der Waals surface area contributed by atoms with Crippen molar-refractivity contribution in [3.63, 3.8) is 0 Å². The van der Waals surface area contributed by atoms with Crippen LogP contribution in [-0.4, -0.2) is 19.3 Å². The van der Waals surface area contributed by atoms with E-state index in [2.05, 4.69) is 4.84 Å². The number of rotatable bonds is 5. The molecule has 0 heterocycles. The Morgan fingerprint density at radius 3 is 2.17 bits per heavy atom. The predicted octanol–water partition coefficient (Wildman–Crippen LogP) is 1.95. The minimum Gasteiger partial charge on any atom is -0.351 e. The van der Waals surface area contributed by atoms with Crippen molar-refractivity contribution in [2.75, 3.05) is 0 Å². The van der Waals surface area contributed by atoms with Crippen molar-refractivity contribution < 1.29 is 23.0 Å². The topological polar surface area (TPSA) is 116 Å². The number of benzene rings is 2. The number of nitrogens with zero attached hydrogens (tertiary/aromatic N) is 1. The number of nitrogens with one attached hydrogen (secondary N) is 1. The van der Waals surface area contributed by atoms with Gasteiger partial charge in [0.05, 0.1) is 15.4 Å². The van der Waals surface area contributed by atoms with Crippen molar-refractivity contribution in [2.24, 2.45) is 0 Å². The maximum atomic E-state index is 11.9. The van der Waals surface area contributed by atoms with Crippen LogP contribution in [0.5, 0.6) is 0 Å². The molecule has 0 saturated heterocycles. The molecule has 0 radical (unpaired) electrons. The molecule has 23 heavy (non-hydrogen) atoms. The third-order valence-corrected chi connectivity index (χ3v) is 4.08. The van der Waals surface area contributed by atoms with Gasteiger partial charge in [-0.25, -0.2) is 13.2 Å². The highest BCUT2D eigenvalue weighted by Crippen LogP contribution is 2.15. The molecule has 0 aliphatic heterocycles. The van der Waals surface area contributed by atoms with Crippen molar-refractivity contribution >= 4 is 21.7 Å². The molecule has 0 unspecified atom stereocenters. The zero-order chi connectivity index (χ0) is 17.0. The van der Waals surface area contributed by atoms with Crippen LogP contribution in [0.15, 0.2) is 53.4 Å². The summed E-state index contributed by atoms with van der Waals surface area (Å²) in [6.45, 7) is 1.84. The van der Waals surface area contributed by atoms with E-state index in [1.165, 1.54) is 12.1 Å². The first-order valence-corrected chi connectivity index (χ1v) is 7.82. The Balaban J connectivity index is 2.07. The van der Waals surface area contributed by atoms with Gasteiger partial charge >= 0.3 is 5.97 Å². The zero-order valence-corrected chi connectivity index (χ0v) is 12.7. The first-order chi connectivity index (χ1) is 10.8. The number of sulfonamides is 1. The van der Waals surface area contributed by atoms with Gasteiger partial charge in [-0.15, -0.1) is 0 Å². The molecule has 1 N–H and O–H groups in total. The van der Waals surface area contributed by atoms with Crippen molar-refractivity contribution in [1.82, 2.24) is 4.89 Å². The second kappa shape index (κ2) is 6.55. The van der Waals surface area contributed by atoms with E-state index < -0.39 is 20.9 Å². The highest BCUT2D eigenvalue weighted by molar-refractivity contribution is 7.89. The van der Waals surface area contributed by atoms with Crippen LogP contribution in [0.3, 0.4) is 0 Å². The van der Waals surface area contributed by atoms with E-state index in [0.717, 1.165) is 29.8 Å². The van der Waals surface area contributed by atoms with Crippen LogP contribution in [0.2, 0.25) is 0 Å². The van der Waals surface area contributed by atoms with Gasteiger partial charge in [-0.3, -0.25) is 10.1 Å². The van der Waals surface area contributed by atoms with E-state index in [9.17, 15) is 23.3 Å². The van der Waals surface area contributed by atoms with Gasteiger partial charge in [-0.05, 0) is 36.1 Å². The van der Waals surface area contributed by atoms with Crippen LogP contribution in [0, 0.1) is 17.0 Å². The SMILES string of the molecule is Cc1ccc(C(=O)ONS(=O)(=O)c2ccc([N+](=O)[O-])cc2)cc1. The summed E-state index contributed by atoms with van der Waals surface area (Å²) in [4.78, 5) is 27.6. The normalized spacial score (nSPS) is 11.0. The lowest BCUT2D eigenvalue weighted by atomic mass is 10.2. The average molecular weight is 336 g/mol. The van der Waals surface area contributed by atoms with Crippen LogP contribution >= 0.6 is 0 Å². The van der Waals surface area contributed by atoms with Crippen LogP contribution in [0.25, 0.3) is 0 Å². The third kappa shape index (κ3) is 4.11. The Morgan fingerprint density at radius 2 is 1.65 bits per heavy atom. The van der Waals surface area contributed by atoms with Gasteiger partial charge in [0.2, 0.25) is 0 Å². The molecule has 0 saturated carbocycles. The maximum absolute atomic E-state index is 11.9. The number of hydrogen-bond donors (Lipinski definition) is 1. The minimum atomic E-state index is -4.13. The largest absolute Gasteiger partial charge is 0.357 e. The summed E-state index contributed by atoms with van der Waals surface area (Å²) in [5.41, 5.74) is 0.871. The fraction of sp³-hybridized carbons (Fsp3) is 0.0714. The second-order valence-corrected chi connectivity index (χ2v) is 6.24. The van der Waals surface area contributed by atoms with Crippen LogP contribution in [0.4, 0.5) is 5.69 Å². The standard InChI is InChI=1S/C14H12N2O6S/c1-10-2-4-11(5-3-10)14(17)22-15-23(20,21)13-8-6-12(7-9-13)16(18)19/h2-9,15H,1H3. The van der Waals surface area contributed by atoms with E-state index in [0.29, 0.717) is 0 Å². The van der Waals surface area contributed by atoms with E-state index >= 15 is 0 Å². The van der Waals surface area contributed by atoms with Gasteiger partial charge in [0.1, 0.15) is 0 Å². The van der Waals surface area contributed by atoms with Gasteiger partial charge in [-0.2, -0.15) is 0 Å². The Hall–Kier alpha value is -2.78. The molecule has 0 spiro atoms. The summed E-state index contributed by atoms with van der Waals surface area (Å²) >= 11 is 0. The molecule has 0 aliphatic carbocycles. The van der Waals surface area contributed by atoms with Crippen molar-refractivity contribution in [3.05, 3.63) is 69.8 Å². The lowest BCUT2D eigenvalue weighted by Crippen LogP contribution is -2.27. The van der Waals surface area contributed by atoms with E-state index in [1.807, 2.05) is 6.92 Å². The molecule has 2 aromatic carbocycles. The third-order valence-electron chi connectivity index (χ3n) is 2.89. The van der Waals surface area contributed by atoms with E-state index in [4.69, 9.17) is 0 Å². The summed E-state index contributed by atoms with van der Waals surface area (Å²) in [6.07, 6.45) is 0. The van der Waals surface area contributed by atoms with Gasteiger partial charge in [0.25, 0.3) is 15.7 Å². The van der Waals surface area contributed by atoms with Gasteiger partial charge in [0, 0.05) is 12.1 Å². The molecule has 2 aromatic rings. The highest BCUT2D eigenvalue weighted by atomic mass is 32.2. The minimum absolute atomic E-state index is 0.182. The van der Waals surface area contributed by atoms with Gasteiger partial charge < -0.3 is 4.84 Å². The summed E-state index contributed by atoms with van der Waals surface area (Å²) in [5.74, 6) is -0.865. The summed E-state index contributed by atoms with van der Waals surface area (Å²) in [5, 5.41) is 10.5. The van der Waals surface area contributed by atoms with Crippen molar-refractivity contribution in [2.45, 2.75) is 11.8 Å². The number of nitro groups is 1. The van der Waals surface area contributed by atoms with Gasteiger partial charge in [0.15, 0.2) is 0 Å². The molecule has 0 amide bonds. The number of nitro benzene ring substituents is 1. The maximum Gasteiger partial charge on any atom is 0.357 e. The summed E-state index contributed by atoms with van der Waals surface area (Å²) < 4.78 is 23.9. The molecule has 0 aromatic heterocycles.